The van der Waals surface area contributed by atoms with Gasteiger partial charge >= 0.3 is 5.97 Å². The minimum absolute atomic E-state index is 0.217. The van der Waals surface area contributed by atoms with Gasteiger partial charge in [-0.05, 0) is 37.3 Å². The summed E-state index contributed by atoms with van der Waals surface area (Å²) in [4.78, 5) is 12.0. The van der Waals surface area contributed by atoms with E-state index in [1.54, 1.807) is 0 Å². The first kappa shape index (κ1) is 15.7. The van der Waals surface area contributed by atoms with Crippen molar-refractivity contribution >= 4 is 5.97 Å². The first-order valence-corrected chi connectivity index (χ1v) is 6.89. The number of hydrogen-bond donors (Lipinski definition) is 1. The monoisotopic (exact) mass is 263 g/mol. The zero-order valence-corrected chi connectivity index (χ0v) is 12.4. The molecule has 0 bridgehead atoms. The third kappa shape index (κ3) is 4.06. The first-order valence-electron chi connectivity index (χ1n) is 6.89. The molecule has 2 N–H and O–H groups in total. The van der Waals surface area contributed by atoms with Gasteiger partial charge in [-0.15, -0.1) is 0 Å². The van der Waals surface area contributed by atoms with E-state index >= 15 is 0 Å². The van der Waals surface area contributed by atoms with E-state index in [1.807, 2.05) is 13.8 Å². The molecule has 0 aliphatic rings. The average molecular weight is 263 g/mol. The molecule has 1 aromatic carbocycles. The molecule has 3 nitrogen and oxygen atoms in total. The number of nitrogens with two attached hydrogens (primary N) is 1. The molecule has 0 aliphatic heterocycles. The van der Waals surface area contributed by atoms with Crippen LogP contribution in [0.2, 0.25) is 0 Å². The predicted molar refractivity (Wildman–Crippen MR) is 78.0 cm³/mol. The second-order valence-electron chi connectivity index (χ2n) is 5.56. The maximum Gasteiger partial charge on any atom is 0.313 e. The van der Waals surface area contributed by atoms with Crippen LogP contribution in [0.1, 0.15) is 44.7 Å². The molecule has 1 rings (SSSR count). The summed E-state index contributed by atoms with van der Waals surface area (Å²) in [7, 11) is 0. The molecule has 1 unspecified atom stereocenters. The summed E-state index contributed by atoms with van der Waals surface area (Å²) in [6.45, 7) is 8.68. The third-order valence-electron chi connectivity index (χ3n) is 3.46. The van der Waals surface area contributed by atoms with Crippen LogP contribution >= 0.6 is 0 Å². The van der Waals surface area contributed by atoms with Gasteiger partial charge in [0.2, 0.25) is 0 Å². The highest BCUT2D eigenvalue weighted by Gasteiger charge is 2.33. The van der Waals surface area contributed by atoms with E-state index in [-0.39, 0.29) is 12.5 Å². The van der Waals surface area contributed by atoms with Crippen LogP contribution in [-0.4, -0.2) is 19.1 Å². The number of rotatable bonds is 6. The van der Waals surface area contributed by atoms with Crippen molar-refractivity contribution in [2.24, 2.45) is 11.1 Å². The number of carbonyl (C=O) groups excluding carboxylic acids is 1. The maximum absolute atomic E-state index is 12.0. The fourth-order valence-electron chi connectivity index (χ4n) is 2.00. The van der Waals surface area contributed by atoms with E-state index in [1.165, 1.54) is 5.56 Å². The Morgan fingerprint density at radius 3 is 2.32 bits per heavy atom. The Kier molecular flexibility index (Phi) is 5.55. The topological polar surface area (TPSA) is 52.3 Å². The highest BCUT2D eigenvalue weighted by Crippen LogP contribution is 2.24. The van der Waals surface area contributed by atoms with Crippen LogP contribution in [0.4, 0.5) is 0 Å². The van der Waals surface area contributed by atoms with Gasteiger partial charge in [0.1, 0.15) is 0 Å². The molecule has 0 spiro atoms. The molecule has 106 valence electrons. The van der Waals surface area contributed by atoms with Crippen LogP contribution in [-0.2, 0) is 16.0 Å². The van der Waals surface area contributed by atoms with Gasteiger partial charge in [-0.2, -0.15) is 0 Å². The number of esters is 1. The largest absolute Gasteiger partial charge is 0.466 e. The Morgan fingerprint density at radius 2 is 1.89 bits per heavy atom. The van der Waals surface area contributed by atoms with Crippen molar-refractivity contribution in [1.82, 2.24) is 0 Å². The molecule has 0 fully saturated rings. The van der Waals surface area contributed by atoms with Gasteiger partial charge < -0.3 is 10.5 Å². The van der Waals surface area contributed by atoms with Crippen molar-refractivity contribution in [2.75, 3.05) is 13.2 Å². The summed E-state index contributed by atoms with van der Waals surface area (Å²) in [5.41, 5.74) is 7.54. The quantitative estimate of drug-likeness (QED) is 0.803. The molecule has 0 radical (unpaired) electrons. The molecule has 0 amide bonds. The molecule has 0 saturated heterocycles. The first-order chi connectivity index (χ1) is 8.92. The van der Waals surface area contributed by atoms with Crippen molar-refractivity contribution < 1.29 is 9.53 Å². The second-order valence-corrected chi connectivity index (χ2v) is 5.56. The summed E-state index contributed by atoms with van der Waals surface area (Å²) in [5.74, 6) is 0.297. The summed E-state index contributed by atoms with van der Waals surface area (Å²) >= 11 is 0. The van der Waals surface area contributed by atoms with Crippen molar-refractivity contribution in [1.29, 1.82) is 0 Å². The van der Waals surface area contributed by atoms with Gasteiger partial charge in [0, 0.05) is 6.54 Å². The maximum atomic E-state index is 12.0. The smallest absolute Gasteiger partial charge is 0.313 e. The number of carbonyl (C=O) groups is 1. The lowest BCUT2D eigenvalue weighted by Gasteiger charge is -2.25. The Balaban J connectivity index is 2.83. The van der Waals surface area contributed by atoms with Gasteiger partial charge in [0.05, 0.1) is 12.0 Å². The van der Waals surface area contributed by atoms with Crippen molar-refractivity contribution in [3.63, 3.8) is 0 Å². The van der Waals surface area contributed by atoms with Crippen LogP contribution in [0.25, 0.3) is 0 Å². The van der Waals surface area contributed by atoms with Crippen molar-refractivity contribution in [3.05, 3.63) is 35.4 Å². The lowest BCUT2D eigenvalue weighted by atomic mass is 9.83. The highest BCUT2D eigenvalue weighted by atomic mass is 16.5. The fraction of sp³-hybridized carbons (Fsp3) is 0.562. The number of hydrogen-bond acceptors (Lipinski definition) is 3. The second kappa shape index (κ2) is 6.71. The molecular weight excluding hydrogens is 238 g/mol. The molecule has 0 saturated carbocycles. The Morgan fingerprint density at radius 1 is 1.32 bits per heavy atom. The molecule has 0 aromatic heterocycles. The van der Waals surface area contributed by atoms with Crippen molar-refractivity contribution in [2.45, 2.75) is 40.0 Å². The lowest BCUT2D eigenvalue weighted by Crippen LogP contribution is -2.39. The Labute approximate surface area is 116 Å². The fourth-order valence-corrected chi connectivity index (χ4v) is 2.00. The van der Waals surface area contributed by atoms with E-state index in [2.05, 4.69) is 38.1 Å². The van der Waals surface area contributed by atoms with Crippen LogP contribution in [0.5, 0.6) is 0 Å². The third-order valence-corrected chi connectivity index (χ3v) is 3.46. The Hall–Kier alpha value is -1.35. The summed E-state index contributed by atoms with van der Waals surface area (Å²) < 4.78 is 5.11. The number of ether oxygens (including phenoxy) is 1. The molecule has 0 heterocycles. The standard InChI is InChI=1S/C16H25NO2/c1-5-19-15(18)16(4,11-17)10-13-6-8-14(9-7-13)12(2)3/h6-9,12H,5,10-11,17H2,1-4H3. The minimum atomic E-state index is -0.643. The molecule has 1 atom stereocenters. The summed E-state index contributed by atoms with van der Waals surface area (Å²) in [6.07, 6.45) is 0.612. The zero-order valence-electron chi connectivity index (χ0n) is 12.4. The molecular formula is C16H25NO2. The molecule has 3 heteroatoms. The average Bonchev–Trinajstić information content (AvgIpc) is 2.39. The van der Waals surface area contributed by atoms with Gasteiger partial charge in [0.25, 0.3) is 0 Å². The van der Waals surface area contributed by atoms with E-state index < -0.39 is 5.41 Å². The molecule has 19 heavy (non-hydrogen) atoms. The van der Waals surface area contributed by atoms with Crippen LogP contribution in [0.15, 0.2) is 24.3 Å². The number of benzene rings is 1. The zero-order chi connectivity index (χ0) is 14.5. The molecule has 1 aromatic rings. The predicted octanol–water partition coefficient (Wildman–Crippen LogP) is 2.88. The van der Waals surface area contributed by atoms with E-state index in [0.717, 1.165) is 5.56 Å². The van der Waals surface area contributed by atoms with Gasteiger partial charge in [-0.25, -0.2) is 0 Å². The van der Waals surface area contributed by atoms with Crippen LogP contribution in [0, 0.1) is 5.41 Å². The normalized spacial score (nSPS) is 14.2. The lowest BCUT2D eigenvalue weighted by molar-refractivity contribution is -0.153. The Bertz CT molecular complexity index is 411. The highest BCUT2D eigenvalue weighted by molar-refractivity contribution is 5.77. The van der Waals surface area contributed by atoms with E-state index in [0.29, 0.717) is 18.9 Å². The van der Waals surface area contributed by atoms with Crippen LogP contribution < -0.4 is 5.73 Å². The molecule has 0 aliphatic carbocycles. The van der Waals surface area contributed by atoms with Gasteiger partial charge in [0.15, 0.2) is 0 Å². The van der Waals surface area contributed by atoms with Gasteiger partial charge in [-0.1, -0.05) is 38.1 Å². The minimum Gasteiger partial charge on any atom is -0.466 e. The SMILES string of the molecule is CCOC(=O)C(C)(CN)Cc1ccc(C(C)C)cc1. The van der Waals surface area contributed by atoms with E-state index in [4.69, 9.17) is 10.5 Å². The van der Waals surface area contributed by atoms with Crippen molar-refractivity contribution in [3.8, 4) is 0 Å². The summed E-state index contributed by atoms with van der Waals surface area (Å²) in [5, 5.41) is 0. The van der Waals surface area contributed by atoms with Gasteiger partial charge in [-0.3, -0.25) is 4.79 Å². The summed E-state index contributed by atoms with van der Waals surface area (Å²) in [6, 6.07) is 8.37. The van der Waals surface area contributed by atoms with Crippen LogP contribution in [0.3, 0.4) is 0 Å². The van der Waals surface area contributed by atoms with E-state index in [9.17, 15) is 4.79 Å².